The Hall–Kier alpha value is -2.67. The van der Waals surface area contributed by atoms with Crippen molar-refractivity contribution in [3.05, 3.63) is 48.0 Å². The molecule has 1 aromatic carbocycles. The van der Waals surface area contributed by atoms with Crippen LogP contribution in [-0.2, 0) is 18.3 Å². The van der Waals surface area contributed by atoms with Gasteiger partial charge in [-0.15, -0.1) is 0 Å². The van der Waals surface area contributed by atoms with Crippen LogP contribution in [-0.4, -0.2) is 36.9 Å². The number of hydrogen-bond donors (Lipinski definition) is 3. The van der Waals surface area contributed by atoms with Crippen molar-refractivity contribution in [1.82, 2.24) is 25.1 Å². The van der Waals surface area contributed by atoms with Crippen molar-refractivity contribution < 1.29 is 9.90 Å². The van der Waals surface area contributed by atoms with E-state index in [0.717, 1.165) is 16.6 Å². The molecule has 2 heterocycles. The highest BCUT2D eigenvalue weighted by Gasteiger charge is 2.36. The van der Waals surface area contributed by atoms with E-state index in [1.165, 1.54) is 0 Å². The minimum Gasteiger partial charge on any atom is -0.393 e. The number of aliphatic hydroxyl groups is 1. The quantitative estimate of drug-likeness (QED) is 0.656. The molecule has 7 nitrogen and oxygen atoms in total. The van der Waals surface area contributed by atoms with Gasteiger partial charge in [0.25, 0.3) is 0 Å². The van der Waals surface area contributed by atoms with E-state index in [4.69, 9.17) is 0 Å². The number of nitrogens with zero attached hydrogens (tertiary/aromatic N) is 3. The fourth-order valence-corrected chi connectivity index (χ4v) is 3.44. The molecule has 7 heteroatoms. The van der Waals surface area contributed by atoms with Gasteiger partial charge in [-0.2, -0.15) is 5.10 Å². The van der Waals surface area contributed by atoms with Crippen LogP contribution >= 0.6 is 0 Å². The fraction of sp³-hybridized carbons (Fsp3) is 0.389. The summed E-state index contributed by atoms with van der Waals surface area (Å²) in [7, 11) is 1.85. The average Bonchev–Trinajstić information content (AvgIpc) is 3.15. The number of imidazole rings is 1. The monoisotopic (exact) mass is 339 g/mol. The van der Waals surface area contributed by atoms with Crippen molar-refractivity contribution in [3.8, 4) is 0 Å². The highest BCUT2D eigenvalue weighted by Crippen LogP contribution is 2.37. The molecular weight excluding hydrogens is 318 g/mol. The maximum atomic E-state index is 12.5. The Balaban J connectivity index is 1.48. The van der Waals surface area contributed by atoms with Crippen LogP contribution in [0, 0.1) is 5.92 Å². The Kier molecular flexibility index (Phi) is 4.01. The molecule has 4 rings (SSSR count). The van der Waals surface area contributed by atoms with Crippen LogP contribution < -0.4 is 5.32 Å². The van der Waals surface area contributed by atoms with E-state index in [2.05, 4.69) is 20.4 Å². The molecule has 0 radical (unpaired) electrons. The average molecular weight is 339 g/mol. The topological polar surface area (TPSA) is 95.8 Å². The second kappa shape index (κ2) is 6.33. The van der Waals surface area contributed by atoms with E-state index in [-0.39, 0.29) is 30.4 Å². The summed E-state index contributed by atoms with van der Waals surface area (Å²) in [6, 6.07) is 7.59. The zero-order valence-corrected chi connectivity index (χ0v) is 14.0. The highest BCUT2D eigenvalue weighted by molar-refractivity contribution is 5.80. The number of carbonyl (C=O) groups excluding carboxylic acids is 1. The lowest BCUT2D eigenvalue weighted by molar-refractivity contribution is -0.122. The van der Waals surface area contributed by atoms with Gasteiger partial charge in [0.05, 0.1) is 35.8 Å². The number of aromatic amines is 1. The first-order valence-corrected chi connectivity index (χ1v) is 8.48. The van der Waals surface area contributed by atoms with E-state index < -0.39 is 0 Å². The molecule has 1 aliphatic rings. The molecule has 0 bridgehead atoms. The first-order valence-electron chi connectivity index (χ1n) is 8.48. The number of hydrogen-bond acceptors (Lipinski definition) is 4. The number of aryl methyl sites for hydroxylation is 1. The molecule has 1 atom stereocenters. The number of nitrogens with one attached hydrogen (secondary N) is 2. The summed E-state index contributed by atoms with van der Waals surface area (Å²) >= 11 is 0. The molecule has 2 aromatic heterocycles. The van der Waals surface area contributed by atoms with E-state index in [1.54, 1.807) is 10.9 Å². The number of para-hydroxylation sites is 2. The van der Waals surface area contributed by atoms with Gasteiger partial charge < -0.3 is 15.4 Å². The summed E-state index contributed by atoms with van der Waals surface area (Å²) in [6.45, 7) is 0. The van der Waals surface area contributed by atoms with Gasteiger partial charge in [-0.3, -0.25) is 9.48 Å². The fourth-order valence-electron chi connectivity index (χ4n) is 3.44. The van der Waals surface area contributed by atoms with Crippen LogP contribution in [0.4, 0.5) is 0 Å². The Labute approximate surface area is 145 Å². The van der Waals surface area contributed by atoms with E-state index >= 15 is 0 Å². The van der Waals surface area contributed by atoms with Gasteiger partial charge in [0.2, 0.25) is 5.91 Å². The van der Waals surface area contributed by atoms with E-state index in [0.29, 0.717) is 18.7 Å². The Morgan fingerprint density at radius 1 is 1.44 bits per heavy atom. The standard InChI is InChI=1S/C18H21N5O2/c1-23-10-12(9-19-23)18(11-6-13(24)7-11)22-17(25)8-16-20-14-4-2-3-5-15(14)21-16/h2-5,9-11,13,18,24H,6-8H2,1H3,(H,20,21)(H,22,25)/t11?,13?,18-/m0/s1. The summed E-state index contributed by atoms with van der Waals surface area (Å²) < 4.78 is 1.73. The third-order valence-corrected chi connectivity index (χ3v) is 4.79. The van der Waals surface area contributed by atoms with Gasteiger partial charge in [0.15, 0.2) is 0 Å². The molecule has 0 saturated heterocycles. The van der Waals surface area contributed by atoms with Crippen molar-refractivity contribution in [2.75, 3.05) is 0 Å². The zero-order chi connectivity index (χ0) is 17.4. The number of rotatable bonds is 5. The predicted octanol–water partition coefficient (Wildman–Crippen LogP) is 1.47. The molecule has 0 spiro atoms. The Bertz CT molecular complexity index is 861. The molecule has 1 saturated carbocycles. The van der Waals surface area contributed by atoms with Crippen molar-refractivity contribution in [1.29, 1.82) is 0 Å². The molecule has 25 heavy (non-hydrogen) atoms. The van der Waals surface area contributed by atoms with Crippen LogP contribution in [0.3, 0.4) is 0 Å². The van der Waals surface area contributed by atoms with Crippen LogP contribution in [0.2, 0.25) is 0 Å². The first kappa shape index (κ1) is 15.8. The predicted molar refractivity (Wildman–Crippen MR) is 92.6 cm³/mol. The van der Waals surface area contributed by atoms with Gasteiger partial charge in [0.1, 0.15) is 5.82 Å². The minimum absolute atomic E-state index is 0.0886. The summed E-state index contributed by atoms with van der Waals surface area (Å²) in [4.78, 5) is 20.2. The van der Waals surface area contributed by atoms with Gasteiger partial charge >= 0.3 is 0 Å². The van der Waals surface area contributed by atoms with Crippen molar-refractivity contribution in [3.63, 3.8) is 0 Å². The van der Waals surface area contributed by atoms with Crippen LogP contribution in [0.25, 0.3) is 11.0 Å². The number of aliphatic hydroxyl groups excluding tert-OH is 1. The highest BCUT2D eigenvalue weighted by atomic mass is 16.3. The normalized spacial score (nSPS) is 21.0. The lowest BCUT2D eigenvalue weighted by atomic mass is 9.75. The summed E-state index contributed by atoms with van der Waals surface area (Å²) in [6.07, 6.45) is 5.01. The molecule has 1 amide bonds. The van der Waals surface area contributed by atoms with Gasteiger partial charge in [-0.05, 0) is 30.9 Å². The number of benzene rings is 1. The van der Waals surface area contributed by atoms with Gasteiger partial charge in [-0.25, -0.2) is 4.98 Å². The number of H-pyrrole nitrogens is 1. The second-order valence-electron chi connectivity index (χ2n) is 6.76. The van der Waals surface area contributed by atoms with Gasteiger partial charge in [-0.1, -0.05) is 12.1 Å². The smallest absolute Gasteiger partial charge is 0.228 e. The number of carbonyl (C=O) groups is 1. The lowest BCUT2D eigenvalue weighted by Gasteiger charge is -2.37. The zero-order valence-electron chi connectivity index (χ0n) is 14.0. The summed E-state index contributed by atoms with van der Waals surface area (Å²) in [5.41, 5.74) is 2.75. The molecule has 3 N–H and O–H groups in total. The van der Waals surface area contributed by atoms with Crippen LogP contribution in [0.5, 0.6) is 0 Å². The van der Waals surface area contributed by atoms with Crippen molar-refractivity contribution >= 4 is 16.9 Å². The molecule has 0 unspecified atom stereocenters. The molecule has 130 valence electrons. The van der Waals surface area contributed by atoms with Crippen LogP contribution in [0.15, 0.2) is 36.7 Å². The maximum absolute atomic E-state index is 12.5. The lowest BCUT2D eigenvalue weighted by Crippen LogP contribution is -2.41. The number of fused-ring (bicyclic) bond motifs is 1. The number of aromatic nitrogens is 4. The maximum Gasteiger partial charge on any atom is 0.228 e. The van der Waals surface area contributed by atoms with Crippen LogP contribution in [0.1, 0.15) is 30.3 Å². The first-order chi connectivity index (χ1) is 12.1. The van der Waals surface area contributed by atoms with Crippen molar-refractivity contribution in [2.24, 2.45) is 13.0 Å². The molecular formula is C18H21N5O2. The van der Waals surface area contributed by atoms with Gasteiger partial charge in [0, 0.05) is 18.8 Å². The van der Waals surface area contributed by atoms with Crippen molar-refractivity contribution in [2.45, 2.75) is 31.4 Å². The second-order valence-corrected chi connectivity index (χ2v) is 6.76. The third kappa shape index (κ3) is 3.28. The minimum atomic E-state index is -0.267. The van der Waals surface area contributed by atoms with E-state index in [1.807, 2.05) is 37.5 Å². The SMILES string of the molecule is Cn1cc([C@@H](NC(=O)Cc2nc3ccccc3[nH]2)C2CC(O)C2)cn1. The number of amides is 1. The summed E-state index contributed by atoms with van der Waals surface area (Å²) in [5, 5.41) is 16.9. The molecule has 0 aliphatic heterocycles. The Morgan fingerprint density at radius 2 is 2.24 bits per heavy atom. The molecule has 1 aliphatic carbocycles. The molecule has 1 fully saturated rings. The van der Waals surface area contributed by atoms with E-state index in [9.17, 15) is 9.90 Å². The Morgan fingerprint density at radius 3 is 2.92 bits per heavy atom. The largest absolute Gasteiger partial charge is 0.393 e. The molecule has 3 aromatic rings. The summed E-state index contributed by atoms with van der Waals surface area (Å²) in [5.74, 6) is 0.797. The third-order valence-electron chi connectivity index (χ3n) is 4.79.